The van der Waals surface area contributed by atoms with Crippen molar-refractivity contribution in [3.8, 4) is 11.8 Å². The number of nitriles is 1. The van der Waals surface area contributed by atoms with Gasteiger partial charge in [0.05, 0.1) is 18.9 Å². The van der Waals surface area contributed by atoms with E-state index in [1.807, 2.05) is 25.1 Å². The smallest absolute Gasteiger partial charge is 0.224 e. The number of Topliss-reactive ketones (excluding diaryl/α,β-unsaturated/α-hetero) is 2. The summed E-state index contributed by atoms with van der Waals surface area (Å²) in [4.78, 5) is 42.4. The minimum Gasteiger partial charge on any atom is -0.496 e. The van der Waals surface area contributed by atoms with Gasteiger partial charge in [0, 0.05) is 35.6 Å². The van der Waals surface area contributed by atoms with Gasteiger partial charge in [0.2, 0.25) is 5.91 Å². The molecule has 0 saturated heterocycles. The van der Waals surface area contributed by atoms with Gasteiger partial charge in [-0.3, -0.25) is 14.4 Å². The van der Waals surface area contributed by atoms with Crippen LogP contribution in [0, 0.1) is 35.9 Å². The Morgan fingerprint density at radius 3 is 2.74 bits per heavy atom. The number of nitrogens with zero attached hydrogens (tertiary/aromatic N) is 1. The molecule has 38 heavy (non-hydrogen) atoms. The van der Waals surface area contributed by atoms with Gasteiger partial charge in [-0.1, -0.05) is 25.0 Å². The van der Waals surface area contributed by atoms with Gasteiger partial charge in [-0.05, 0) is 66.6 Å². The predicted octanol–water partition coefficient (Wildman–Crippen LogP) is 4.92. The molecular weight excluding hydrogens is 485 g/mol. The second-order valence-electron chi connectivity index (χ2n) is 10.5. The summed E-state index contributed by atoms with van der Waals surface area (Å²) in [6, 6.07) is 11.4. The van der Waals surface area contributed by atoms with Crippen LogP contribution >= 0.6 is 0 Å². The lowest BCUT2D eigenvalue weighted by atomic mass is 9.89. The van der Waals surface area contributed by atoms with Gasteiger partial charge in [0.1, 0.15) is 23.4 Å². The zero-order valence-electron chi connectivity index (χ0n) is 21.5. The number of aromatic nitrogens is 1. The van der Waals surface area contributed by atoms with E-state index in [0.717, 1.165) is 29.3 Å². The Morgan fingerprint density at radius 1 is 1.24 bits per heavy atom. The van der Waals surface area contributed by atoms with Crippen molar-refractivity contribution >= 4 is 28.4 Å². The molecule has 0 radical (unpaired) electrons. The number of H-pyrrole nitrogens is 1. The van der Waals surface area contributed by atoms with Crippen molar-refractivity contribution in [2.24, 2.45) is 11.8 Å². The molecule has 0 spiro atoms. The molecule has 3 aromatic rings. The van der Waals surface area contributed by atoms with Gasteiger partial charge >= 0.3 is 0 Å². The number of benzene rings is 2. The molecule has 7 nitrogen and oxygen atoms in total. The molecule has 0 bridgehead atoms. The fraction of sp³-hybridized carbons (Fsp3) is 0.400. The average Bonchev–Trinajstić information content (AvgIpc) is 3.51. The lowest BCUT2D eigenvalue weighted by molar-refractivity contribution is -0.126. The first-order valence-corrected chi connectivity index (χ1v) is 13.0. The molecule has 1 heterocycles. The lowest BCUT2D eigenvalue weighted by Gasteiger charge is -2.21. The van der Waals surface area contributed by atoms with Crippen LogP contribution in [0.5, 0.6) is 5.75 Å². The molecule has 1 saturated carbocycles. The van der Waals surface area contributed by atoms with Crippen LogP contribution in [-0.2, 0) is 16.0 Å². The molecule has 8 heteroatoms. The van der Waals surface area contributed by atoms with Crippen molar-refractivity contribution in [3.63, 3.8) is 0 Å². The SMILES string of the molecule is COc1cccc2[nH]c(C(=O)CC(CC3CC3)C(=O)NC(C#N)CC3C(=O)Cc4c(F)ccc(C)c43)cc12. The number of rotatable bonds is 10. The third-order valence-electron chi connectivity index (χ3n) is 7.81. The molecule has 3 unspecified atom stereocenters. The summed E-state index contributed by atoms with van der Waals surface area (Å²) < 4.78 is 19.7. The zero-order chi connectivity index (χ0) is 27.0. The number of carbonyl (C=O) groups excluding carboxylic acids is 3. The summed E-state index contributed by atoms with van der Waals surface area (Å²) in [5.41, 5.74) is 2.99. The molecule has 2 N–H and O–H groups in total. The first-order chi connectivity index (χ1) is 18.3. The van der Waals surface area contributed by atoms with E-state index in [9.17, 15) is 24.0 Å². The summed E-state index contributed by atoms with van der Waals surface area (Å²) >= 11 is 0. The van der Waals surface area contributed by atoms with Gasteiger partial charge in [0.15, 0.2) is 5.78 Å². The van der Waals surface area contributed by atoms with E-state index in [4.69, 9.17) is 4.74 Å². The monoisotopic (exact) mass is 515 g/mol. The maximum atomic E-state index is 14.3. The number of carbonyl (C=O) groups is 3. The molecule has 196 valence electrons. The molecule has 1 amide bonds. The van der Waals surface area contributed by atoms with E-state index >= 15 is 0 Å². The number of ketones is 2. The Hall–Kier alpha value is -3.99. The van der Waals surface area contributed by atoms with Gasteiger partial charge in [-0.2, -0.15) is 5.26 Å². The van der Waals surface area contributed by atoms with Crippen LogP contribution in [0.25, 0.3) is 10.9 Å². The van der Waals surface area contributed by atoms with Crippen molar-refractivity contribution in [2.75, 3.05) is 7.11 Å². The number of aromatic amines is 1. The second kappa shape index (κ2) is 10.4. The molecule has 2 aromatic carbocycles. The minimum atomic E-state index is -0.931. The highest BCUT2D eigenvalue weighted by Crippen LogP contribution is 2.39. The van der Waals surface area contributed by atoms with Crippen molar-refractivity contribution < 1.29 is 23.5 Å². The Bertz CT molecular complexity index is 1470. The highest BCUT2D eigenvalue weighted by Gasteiger charge is 2.37. The Morgan fingerprint density at radius 2 is 2.03 bits per heavy atom. The van der Waals surface area contributed by atoms with Crippen LogP contribution in [0.3, 0.4) is 0 Å². The maximum absolute atomic E-state index is 14.3. The molecule has 1 aromatic heterocycles. The first-order valence-electron chi connectivity index (χ1n) is 13.0. The zero-order valence-corrected chi connectivity index (χ0v) is 21.5. The third-order valence-corrected chi connectivity index (χ3v) is 7.81. The molecule has 2 aliphatic carbocycles. The van der Waals surface area contributed by atoms with E-state index in [0.29, 0.717) is 34.9 Å². The van der Waals surface area contributed by atoms with Crippen molar-refractivity contribution in [2.45, 2.75) is 57.4 Å². The lowest BCUT2D eigenvalue weighted by Crippen LogP contribution is -2.40. The normalized spacial score (nSPS) is 18.1. The van der Waals surface area contributed by atoms with E-state index < -0.39 is 23.7 Å². The molecular formula is C30H30FN3O4. The standard InChI is InChI=1S/C30H30FN3O4/c1-16-6-9-23(31)20-14-26(35)22(29(16)20)12-19(15-32)33-30(37)18(10-17-7-8-17)11-27(36)25-13-21-24(34-25)4-3-5-28(21)38-2/h3-6,9,13,17-19,22,34H,7-8,10-12,14H2,1-2H3,(H,33,37). The Balaban J connectivity index is 1.30. The number of methoxy groups -OCH3 is 1. The van der Waals surface area contributed by atoms with Gasteiger partial charge in [0.25, 0.3) is 0 Å². The Kier molecular flexibility index (Phi) is 7.02. The minimum absolute atomic E-state index is 0.00509. The average molecular weight is 516 g/mol. The first kappa shape index (κ1) is 25.7. The molecule has 0 aliphatic heterocycles. The Labute approximate surface area is 220 Å². The van der Waals surface area contributed by atoms with Crippen LogP contribution in [0.1, 0.15) is 65.2 Å². The van der Waals surface area contributed by atoms with E-state index in [2.05, 4.69) is 16.4 Å². The van der Waals surface area contributed by atoms with Crippen molar-refractivity contribution in [1.82, 2.24) is 10.3 Å². The number of halogens is 1. The van der Waals surface area contributed by atoms with Gasteiger partial charge in [-0.25, -0.2) is 4.39 Å². The van der Waals surface area contributed by atoms with Crippen LogP contribution < -0.4 is 10.1 Å². The third kappa shape index (κ3) is 5.06. The topological polar surface area (TPSA) is 112 Å². The maximum Gasteiger partial charge on any atom is 0.224 e. The quantitative estimate of drug-likeness (QED) is 0.372. The van der Waals surface area contributed by atoms with Crippen LogP contribution in [-0.4, -0.2) is 35.6 Å². The van der Waals surface area contributed by atoms with Crippen LogP contribution in [0.2, 0.25) is 0 Å². The van der Waals surface area contributed by atoms with E-state index in [-0.39, 0.29) is 36.7 Å². The molecule has 3 atom stereocenters. The summed E-state index contributed by atoms with van der Waals surface area (Å²) in [7, 11) is 1.57. The number of amides is 1. The van der Waals surface area contributed by atoms with Crippen LogP contribution in [0.15, 0.2) is 36.4 Å². The highest BCUT2D eigenvalue weighted by molar-refractivity contribution is 6.02. The summed E-state index contributed by atoms with van der Waals surface area (Å²) in [6.07, 6.45) is 2.67. The van der Waals surface area contributed by atoms with E-state index in [1.54, 1.807) is 19.2 Å². The van der Waals surface area contributed by atoms with Crippen molar-refractivity contribution in [3.05, 3.63) is 64.6 Å². The molecule has 1 fully saturated rings. The van der Waals surface area contributed by atoms with Crippen LogP contribution in [0.4, 0.5) is 4.39 Å². The summed E-state index contributed by atoms with van der Waals surface area (Å²) in [5, 5.41) is 13.4. The number of nitrogens with one attached hydrogen (secondary N) is 2. The second-order valence-corrected chi connectivity index (χ2v) is 10.5. The fourth-order valence-electron chi connectivity index (χ4n) is 5.63. The predicted molar refractivity (Wildman–Crippen MR) is 139 cm³/mol. The number of hydrogen-bond acceptors (Lipinski definition) is 5. The van der Waals surface area contributed by atoms with Gasteiger partial charge < -0.3 is 15.0 Å². The largest absolute Gasteiger partial charge is 0.496 e. The van der Waals surface area contributed by atoms with Crippen molar-refractivity contribution in [1.29, 1.82) is 5.26 Å². The molecule has 2 aliphatic rings. The van der Waals surface area contributed by atoms with Gasteiger partial charge in [-0.15, -0.1) is 0 Å². The number of aryl methyl sites for hydroxylation is 1. The number of hydrogen-bond donors (Lipinski definition) is 2. The summed E-state index contributed by atoms with van der Waals surface area (Å²) in [5.74, 6) is -1.33. The number of ether oxygens (including phenoxy) is 1. The van der Waals surface area contributed by atoms with E-state index in [1.165, 1.54) is 6.07 Å². The fourth-order valence-corrected chi connectivity index (χ4v) is 5.63. The highest BCUT2D eigenvalue weighted by atomic mass is 19.1. The number of fused-ring (bicyclic) bond motifs is 2. The summed E-state index contributed by atoms with van der Waals surface area (Å²) in [6.45, 7) is 1.82. The molecule has 5 rings (SSSR count).